The topological polar surface area (TPSA) is 69.3 Å². The third-order valence-electron chi connectivity index (χ3n) is 4.91. The van der Waals surface area contributed by atoms with Gasteiger partial charge in [0.25, 0.3) is 11.8 Å². The molecular weight excluding hydrogens is 395 g/mol. The summed E-state index contributed by atoms with van der Waals surface area (Å²) in [6.07, 6.45) is 0. The Morgan fingerprint density at radius 1 is 0.931 bits per heavy atom. The molecule has 0 bridgehead atoms. The van der Waals surface area contributed by atoms with E-state index in [1.54, 1.807) is 52.3 Å². The van der Waals surface area contributed by atoms with Gasteiger partial charge in [-0.25, -0.2) is 4.39 Å². The number of carbonyl (C=O) groups excluding carboxylic acids is 2. The molecular formula is C21H18ClFN4O2. The molecule has 2 amide bonds. The van der Waals surface area contributed by atoms with Gasteiger partial charge in [-0.3, -0.25) is 14.7 Å². The van der Waals surface area contributed by atoms with Crippen LogP contribution in [-0.2, 0) is 0 Å². The number of H-pyrrole nitrogens is 1. The number of rotatable bonds is 3. The van der Waals surface area contributed by atoms with Crippen molar-refractivity contribution in [2.24, 2.45) is 0 Å². The van der Waals surface area contributed by atoms with Crippen molar-refractivity contribution < 1.29 is 14.0 Å². The van der Waals surface area contributed by atoms with Crippen molar-refractivity contribution in [1.82, 2.24) is 20.0 Å². The molecule has 1 fully saturated rings. The molecule has 0 aliphatic carbocycles. The van der Waals surface area contributed by atoms with Crippen molar-refractivity contribution in [2.45, 2.75) is 0 Å². The quantitative estimate of drug-likeness (QED) is 0.716. The summed E-state index contributed by atoms with van der Waals surface area (Å²) in [7, 11) is 0. The van der Waals surface area contributed by atoms with Crippen LogP contribution < -0.4 is 0 Å². The minimum absolute atomic E-state index is 0.136. The molecule has 6 nitrogen and oxygen atoms in total. The Morgan fingerprint density at radius 2 is 1.55 bits per heavy atom. The first-order valence-corrected chi connectivity index (χ1v) is 9.55. The maximum Gasteiger partial charge on any atom is 0.272 e. The van der Waals surface area contributed by atoms with Gasteiger partial charge in [0.1, 0.15) is 11.5 Å². The molecule has 1 aliphatic heterocycles. The fourth-order valence-electron chi connectivity index (χ4n) is 3.29. The number of nitrogens with zero attached hydrogens (tertiary/aromatic N) is 3. The van der Waals surface area contributed by atoms with E-state index < -0.39 is 0 Å². The Morgan fingerprint density at radius 3 is 2.21 bits per heavy atom. The second-order valence-corrected chi connectivity index (χ2v) is 7.15. The summed E-state index contributed by atoms with van der Waals surface area (Å²) in [5.74, 6) is -0.650. The SMILES string of the molecule is O=C(c1cc(-c2ccc(F)cc2)n[nH]1)N1CCN(C(=O)c2ccccc2Cl)CC1. The lowest BCUT2D eigenvalue weighted by Gasteiger charge is -2.34. The first kappa shape index (κ1) is 19.1. The van der Waals surface area contributed by atoms with Crippen molar-refractivity contribution in [3.05, 3.63) is 76.7 Å². The number of aromatic nitrogens is 2. The number of piperazine rings is 1. The van der Waals surface area contributed by atoms with E-state index in [0.29, 0.717) is 48.2 Å². The third kappa shape index (κ3) is 4.00. The lowest BCUT2D eigenvalue weighted by atomic mass is 10.1. The van der Waals surface area contributed by atoms with Crippen LogP contribution in [0, 0.1) is 5.82 Å². The van der Waals surface area contributed by atoms with Crippen LogP contribution in [-0.4, -0.2) is 58.0 Å². The molecule has 0 spiro atoms. The van der Waals surface area contributed by atoms with Crippen LogP contribution in [0.1, 0.15) is 20.8 Å². The number of aromatic amines is 1. The molecule has 2 heterocycles. The standard InChI is InChI=1S/C21H18ClFN4O2/c22-17-4-2-1-3-16(17)20(28)26-9-11-27(12-10-26)21(29)19-13-18(24-25-19)14-5-7-15(23)8-6-14/h1-8,13H,9-12H2,(H,24,25). The number of amides is 2. The van der Waals surface area contributed by atoms with Gasteiger partial charge in [0.2, 0.25) is 0 Å². The largest absolute Gasteiger partial charge is 0.335 e. The van der Waals surface area contributed by atoms with Crippen LogP contribution in [0.2, 0.25) is 5.02 Å². The predicted octanol–water partition coefficient (Wildman–Crippen LogP) is 3.47. The Kier molecular flexibility index (Phi) is 5.31. The molecule has 1 aliphatic rings. The Bertz CT molecular complexity index is 1040. The fraction of sp³-hybridized carbons (Fsp3) is 0.190. The second-order valence-electron chi connectivity index (χ2n) is 6.74. The summed E-state index contributed by atoms with van der Waals surface area (Å²) >= 11 is 6.12. The number of nitrogens with one attached hydrogen (secondary N) is 1. The molecule has 1 aromatic heterocycles. The zero-order chi connectivity index (χ0) is 20.4. The average Bonchev–Trinajstić information content (AvgIpc) is 3.24. The van der Waals surface area contributed by atoms with Gasteiger partial charge in [0.15, 0.2) is 0 Å². The summed E-state index contributed by atoms with van der Waals surface area (Å²) in [4.78, 5) is 28.8. The van der Waals surface area contributed by atoms with Gasteiger partial charge >= 0.3 is 0 Å². The maximum atomic E-state index is 13.1. The maximum absolute atomic E-state index is 13.1. The van der Waals surface area contributed by atoms with Crippen molar-refractivity contribution in [2.75, 3.05) is 26.2 Å². The lowest BCUT2D eigenvalue weighted by molar-refractivity contribution is 0.0532. The molecule has 0 radical (unpaired) electrons. The first-order valence-electron chi connectivity index (χ1n) is 9.17. The molecule has 1 N–H and O–H groups in total. The highest BCUT2D eigenvalue weighted by Crippen LogP contribution is 2.20. The minimum atomic E-state index is -0.329. The molecule has 29 heavy (non-hydrogen) atoms. The predicted molar refractivity (Wildman–Crippen MR) is 107 cm³/mol. The third-order valence-corrected chi connectivity index (χ3v) is 5.24. The normalized spacial score (nSPS) is 14.1. The number of benzene rings is 2. The monoisotopic (exact) mass is 412 g/mol. The Balaban J connectivity index is 1.40. The highest BCUT2D eigenvalue weighted by atomic mass is 35.5. The molecule has 0 unspecified atom stereocenters. The Labute approximate surface area is 171 Å². The smallest absolute Gasteiger partial charge is 0.272 e. The van der Waals surface area contributed by atoms with E-state index in [1.165, 1.54) is 12.1 Å². The average molecular weight is 413 g/mol. The van der Waals surface area contributed by atoms with E-state index in [9.17, 15) is 14.0 Å². The molecule has 2 aromatic carbocycles. The van der Waals surface area contributed by atoms with Gasteiger partial charge in [-0.15, -0.1) is 0 Å². The number of halogens is 2. The van der Waals surface area contributed by atoms with E-state index in [2.05, 4.69) is 10.2 Å². The summed E-state index contributed by atoms with van der Waals surface area (Å²) in [5.41, 5.74) is 2.11. The summed E-state index contributed by atoms with van der Waals surface area (Å²) < 4.78 is 13.1. The summed E-state index contributed by atoms with van der Waals surface area (Å²) in [5, 5.41) is 7.32. The van der Waals surface area contributed by atoms with E-state index in [4.69, 9.17) is 11.6 Å². The highest BCUT2D eigenvalue weighted by Gasteiger charge is 2.27. The lowest BCUT2D eigenvalue weighted by Crippen LogP contribution is -2.50. The zero-order valence-electron chi connectivity index (χ0n) is 15.4. The minimum Gasteiger partial charge on any atom is -0.335 e. The van der Waals surface area contributed by atoms with Crippen LogP contribution in [0.4, 0.5) is 4.39 Å². The summed E-state index contributed by atoms with van der Waals surface area (Å²) in [6, 6.07) is 14.5. The molecule has 4 rings (SSSR count). The first-order chi connectivity index (χ1) is 14.0. The molecule has 0 atom stereocenters. The Hall–Kier alpha value is -3.19. The number of carbonyl (C=O) groups is 2. The van der Waals surface area contributed by atoms with Crippen LogP contribution in [0.5, 0.6) is 0 Å². The second kappa shape index (κ2) is 8.05. The van der Waals surface area contributed by atoms with Crippen LogP contribution in [0.25, 0.3) is 11.3 Å². The number of hydrogen-bond donors (Lipinski definition) is 1. The zero-order valence-corrected chi connectivity index (χ0v) is 16.2. The van der Waals surface area contributed by atoms with Gasteiger partial charge in [0, 0.05) is 31.7 Å². The van der Waals surface area contributed by atoms with Crippen LogP contribution >= 0.6 is 11.6 Å². The van der Waals surface area contributed by atoms with E-state index in [1.807, 2.05) is 0 Å². The van der Waals surface area contributed by atoms with Gasteiger partial charge < -0.3 is 9.80 Å². The summed E-state index contributed by atoms with van der Waals surface area (Å²) in [6.45, 7) is 1.68. The van der Waals surface area contributed by atoms with Crippen LogP contribution in [0.3, 0.4) is 0 Å². The van der Waals surface area contributed by atoms with E-state index in [0.717, 1.165) is 5.56 Å². The van der Waals surface area contributed by atoms with Gasteiger partial charge in [-0.05, 0) is 42.5 Å². The molecule has 0 saturated carbocycles. The fourth-order valence-corrected chi connectivity index (χ4v) is 3.50. The van der Waals surface area contributed by atoms with Crippen molar-refractivity contribution in [3.63, 3.8) is 0 Å². The van der Waals surface area contributed by atoms with Crippen LogP contribution in [0.15, 0.2) is 54.6 Å². The number of hydrogen-bond acceptors (Lipinski definition) is 3. The molecule has 8 heteroatoms. The van der Waals surface area contributed by atoms with Crippen molar-refractivity contribution in [1.29, 1.82) is 0 Å². The molecule has 1 saturated heterocycles. The molecule has 148 valence electrons. The van der Waals surface area contributed by atoms with Gasteiger partial charge in [0.05, 0.1) is 16.3 Å². The highest BCUT2D eigenvalue weighted by molar-refractivity contribution is 6.33. The van der Waals surface area contributed by atoms with Gasteiger partial charge in [-0.2, -0.15) is 5.10 Å². The van der Waals surface area contributed by atoms with E-state index >= 15 is 0 Å². The molecule has 3 aromatic rings. The van der Waals surface area contributed by atoms with Gasteiger partial charge in [-0.1, -0.05) is 23.7 Å². The van der Waals surface area contributed by atoms with Crippen molar-refractivity contribution >= 4 is 23.4 Å². The van der Waals surface area contributed by atoms with Crippen molar-refractivity contribution in [3.8, 4) is 11.3 Å². The van der Waals surface area contributed by atoms with E-state index in [-0.39, 0.29) is 17.6 Å².